The standard InChI is InChI=1S/C18H19ClN2O3S/c19-15-6-4-5-14(13-15)18(22)20-16-9-11-21(12-10-16)25(23,24)17-7-2-1-3-8-17/h1-8,13,16H,9-12H2,(H,20,22). The van der Waals surface area contributed by atoms with Gasteiger partial charge in [-0.1, -0.05) is 35.9 Å². The molecule has 1 aliphatic heterocycles. The van der Waals surface area contributed by atoms with Crippen molar-refractivity contribution in [2.75, 3.05) is 13.1 Å². The fourth-order valence-electron chi connectivity index (χ4n) is 2.88. The van der Waals surface area contributed by atoms with E-state index in [0.717, 1.165) is 0 Å². The van der Waals surface area contributed by atoms with Crippen molar-refractivity contribution in [1.82, 2.24) is 9.62 Å². The maximum absolute atomic E-state index is 12.6. The Morgan fingerprint density at radius 2 is 1.72 bits per heavy atom. The zero-order chi connectivity index (χ0) is 17.9. The van der Waals surface area contributed by atoms with Gasteiger partial charge < -0.3 is 5.32 Å². The van der Waals surface area contributed by atoms with Crippen LogP contribution in [0.25, 0.3) is 0 Å². The van der Waals surface area contributed by atoms with Gasteiger partial charge in [0.25, 0.3) is 5.91 Å². The molecule has 0 aromatic heterocycles. The fourth-order valence-corrected chi connectivity index (χ4v) is 4.56. The maximum atomic E-state index is 12.6. The maximum Gasteiger partial charge on any atom is 0.251 e. The van der Waals surface area contributed by atoms with Crippen molar-refractivity contribution in [3.8, 4) is 0 Å². The van der Waals surface area contributed by atoms with E-state index in [1.54, 1.807) is 54.6 Å². The molecule has 1 saturated heterocycles. The van der Waals surface area contributed by atoms with Crippen LogP contribution in [0.1, 0.15) is 23.2 Å². The number of nitrogens with one attached hydrogen (secondary N) is 1. The first-order valence-electron chi connectivity index (χ1n) is 8.08. The lowest BCUT2D eigenvalue weighted by Crippen LogP contribution is -2.46. The minimum absolute atomic E-state index is 0.0475. The van der Waals surface area contributed by atoms with Crippen LogP contribution in [0, 0.1) is 0 Å². The van der Waals surface area contributed by atoms with Crippen LogP contribution in [-0.2, 0) is 10.0 Å². The predicted octanol–water partition coefficient (Wildman–Crippen LogP) is 2.92. The number of piperidine rings is 1. The second-order valence-corrected chi connectivity index (χ2v) is 8.35. The van der Waals surface area contributed by atoms with E-state index >= 15 is 0 Å². The van der Waals surface area contributed by atoms with E-state index in [0.29, 0.717) is 41.4 Å². The molecule has 0 atom stereocenters. The van der Waals surface area contributed by atoms with Crippen molar-refractivity contribution >= 4 is 27.5 Å². The topological polar surface area (TPSA) is 66.5 Å². The first kappa shape index (κ1) is 17.9. The zero-order valence-corrected chi connectivity index (χ0v) is 15.1. The number of hydrogen-bond donors (Lipinski definition) is 1. The molecule has 5 nitrogen and oxygen atoms in total. The molecule has 2 aromatic carbocycles. The Bertz CT molecular complexity index is 848. The van der Waals surface area contributed by atoms with Crippen molar-refractivity contribution < 1.29 is 13.2 Å². The molecule has 3 rings (SSSR count). The predicted molar refractivity (Wildman–Crippen MR) is 97.1 cm³/mol. The first-order valence-corrected chi connectivity index (χ1v) is 9.90. The van der Waals surface area contributed by atoms with Crippen molar-refractivity contribution in [2.45, 2.75) is 23.8 Å². The number of carbonyl (C=O) groups excluding carboxylic acids is 1. The third-order valence-electron chi connectivity index (χ3n) is 4.26. The van der Waals surface area contributed by atoms with Crippen LogP contribution in [0.4, 0.5) is 0 Å². The summed E-state index contributed by atoms with van der Waals surface area (Å²) in [5.74, 6) is -0.188. The molecule has 7 heteroatoms. The lowest BCUT2D eigenvalue weighted by atomic mass is 10.1. The van der Waals surface area contributed by atoms with E-state index in [9.17, 15) is 13.2 Å². The normalized spacial score (nSPS) is 16.5. The highest BCUT2D eigenvalue weighted by Gasteiger charge is 2.29. The number of carbonyl (C=O) groups is 1. The summed E-state index contributed by atoms with van der Waals surface area (Å²) in [7, 11) is -3.47. The van der Waals surface area contributed by atoms with Gasteiger partial charge >= 0.3 is 0 Å². The van der Waals surface area contributed by atoms with Crippen molar-refractivity contribution in [1.29, 1.82) is 0 Å². The van der Waals surface area contributed by atoms with E-state index in [1.165, 1.54) is 4.31 Å². The smallest absolute Gasteiger partial charge is 0.251 e. The molecule has 1 fully saturated rings. The highest BCUT2D eigenvalue weighted by atomic mass is 35.5. The number of halogens is 1. The Morgan fingerprint density at radius 1 is 1.04 bits per heavy atom. The van der Waals surface area contributed by atoms with Gasteiger partial charge in [-0.05, 0) is 43.2 Å². The molecule has 1 heterocycles. The molecule has 1 N–H and O–H groups in total. The van der Waals surface area contributed by atoms with Gasteiger partial charge in [-0.15, -0.1) is 0 Å². The molecule has 25 heavy (non-hydrogen) atoms. The quantitative estimate of drug-likeness (QED) is 0.889. The largest absolute Gasteiger partial charge is 0.349 e. The van der Waals surface area contributed by atoms with Gasteiger partial charge in [-0.2, -0.15) is 4.31 Å². The number of rotatable bonds is 4. The van der Waals surface area contributed by atoms with Gasteiger partial charge in [0.2, 0.25) is 10.0 Å². The Kier molecular flexibility index (Phi) is 5.42. The molecule has 0 spiro atoms. The summed E-state index contributed by atoms with van der Waals surface area (Å²) in [6, 6.07) is 15.1. The summed E-state index contributed by atoms with van der Waals surface area (Å²) < 4.78 is 26.7. The lowest BCUT2D eigenvalue weighted by molar-refractivity contribution is 0.0924. The molecule has 0 aliphatic carbocycles. The number of hydrogen-bond acceptors (Lipinski definition) is 3. The van der Waals surface area contributed by atoms with Crippen LogP contribution in [-0.4, -0.2) is 37.8 Å². The van der Waals surface area contributed by atoms with E-state index in [2.05, 4.69) is 5.32 Å². The SMILES string of the molecule is O=C(NC1CCN(S(=O)(=O)c2ccccc2)CC1)c1cccc(Cl)c1. The summed E-state index contributed by atoms with van der Waals surface area (Å²) in [5, 5.41) is 3.47. The Hall–Kier alpha value is -1.89. The molecular weight excluding hydrogens is 360 g/mol. The molecule has 1 aliphatic rings. The summed E-state index contributed by atoms with van der Waals surface area (Å²) in [6.07, 6.45) is 1.16. The second kappa shape index (κ2) is 7.56. The summed E-state index contributed by atoms with van der Waals surface area (Å²) >= 11 is 5.91. The average molecular weight is 379 g/mol. The monoisotopic (exact) mass is 378 g/mol. The summed E-state index contributed by atoms with van der Waals surface area (Å²) in [4.78, 5) is 12.6. The molecule has 0 radical (unpaired) electrons. The molecule has 0 bridgehead atoms. The number of nitrogens with zero attached hydrogens (tertiary/aromatic N) is 1. The average Bonchev–Trinajstić information content (AvgIpc) is 2.63. The molecule has 0 saturated carbocycles. The number of sulfonamides is 1. The minimum atomic E-state index is -3.47. The molecule has 0 unspecified atom stereocenters. The Balaban J connectivity index is 1.60. The van der Waals surface area contributed by atoms with Gasteiger partial charge in [0.1, 0.15) is 0 Å². The highest BCUT2D eigenvalue weighted by molar-refractivity contribution is 7.89. The third-order valence-corrected chi connectivity index (χ3v) is 6.40. The van der Waals surface area contributed by atoms with E-state index in [1.807, 2.05) is 0 Å². The van der Waals surface area contributed by atoms with E-state index < -0.39 is 10.0 Å². The summed E-state index contributed by atoms with van der Waals surface area (Å²) in [6.45, 7) is 0.773. The van der Waals surface area contributed by atoms with Crippen LogP contribution in [0.5, 0.6) is 0 Å². The van der Waals surface area contributed by atoms with Gasteiger partial charge in [-0.3, -0.25) is 4.79 Å². The Labute approximate surface area is 152 Å². The highest BCUT2D eigenvalue weighted by Crippen LogP contribution is 2.21. The van der Waals surface area contributed by atoms with Crippen LogP contribution in [0.15, 0.2) is 59.5 Å². The molecule has 2 aromatic rings. The van der Waals surface area contributed by atoms with Crippen molar-refractivity contribution in [3.63, 3.8) is 0 Å². The summed E-state index contributed by atoms with van der Waals surface area (Å²) in [5.41, 5.74) is 0.506. The van der Waals surface area contributed by atoms with Crippen LogP contribution in [0.2, 0.25) is 5.02 Å². The van der Waals surface area contributed by atoms with Crippen LogP contribution < -0.4 is 5.32 Å². The van der Waals surface area contributed by atoms with Gasteiger partial charge in [0, 0.05) is 29.7 Å². The Morgan fingerprint density at radius 3 is 2.36 bits per heavy atom. The van der Waals surface area contributed by atoms with Gasteiger partial charge in [0.15, 0.2) is 0 Å². The van der Waals surface area contributed by atoms with Gasteiger partial charge in [-0.25, -0.2) is 8.42 Å². The van der Waals surface area contributed by atoms with Crippen molar-refractivity contribution in [2.24, 2.45) is 0 Å². The molecule has 132 valence electrons. The fraction of sp³-hybridized carbons (Fsp3) is 0.278. The van der Waals surface area contributed by atoms with Gasteiger partial charge in [0.05, 0.1) is 4.90 Å². The van der Waals surface area contributed by atoms with E-state index in [-0.39, 0.29) is 11.9 Å². The van der Waals surface area contributed by atoms with Crippen LogP contribution >= 0.6 is 11.6 Å². The number of benzene rings is 2. The second-order valence-electron chi connectivity index (χ2n) is 5.98. The molecular formula is C18H19ClN2O3S. The lowest BCUT2D eigenvalue weighted by Gasteiger charge is -2.31. The van der Waals surface area contributed by atoms with Crippen LogP contribution in [0.3, 0.4) is 0 Å². The number of amides is 1. The molecule has 1 amide bonds. The van der Waals surface area contributed by atoms with Crippen molar-refractivity contribution in [3.05, 3.63) is 65.2 Å². The van der Waals surface area contributed by atoms with E-state index in [4.69, 9.17) is 11.6 Å². The zero-order valence-electron chi connectivity index (χ0n) is 13.6. The third kappa shape index (κ3) is 4.21. The first-order chi connectivity index (χ1) is 12.0. The minimum Gasteiger partial charge on any atom is -0.349 e.